The number of rotatable bonds is 1. The van der Waals surface area contributed by atoms with Gasteiger partial charge in [-0.1, -0.05) is 0 Å². The monoisotopic (exact) mass is 208 g/mol. The summed E-state index contributed by atoms with van der Waals surface area (Å²) in [6, 6.07) is 1.05. The maximum atomic E-state index is 12.0. The molecule has 0 aromatic carbocycles. The van der Waals surface area contributed by atoms with E-state index in [0.717, 1.165) is 0 Å². The van der Waals surface area contributed by atoms with Crippen molar-refractivity contribution < 1.29 is 14.0 Å². The number of hydrogen-bond acceptors (Lipinski definition) is 3. The summed E-state index contributed by atoms with van der Waals surface area (Å²) in [4.78, 5) is 24.7. The fraction of sp³-hybridized carbons (Fsp3) is 0.400. The second-order valence-electron chi connectivity index (χ2n) is 3.69. The Kier molecular flexibility index (Phi) is 2.22. The van der Waals surface area contributed by atoms with Crippen molar-refractivity contribution >= 4 is 11.9 Å². The summed E-state index contributed by atoms with van der Waals surface area (Å²) in [5.74, 6) is 0.209. The number of nitrogens with zero attached hydrogens (tertiary/aromatic N) is 1. The van der Waals surface area contributed by atoms with Crippen LogP contribution in [0.2, 0.25) is 0 Å². The van der Waals surface area contributed by atoms with Gasteiger partial charge in [0, 0.05) is 6.04 Å². The van der Waals surface area contributed by atoms with Crippen LogP contribution in [0.15, 0.2) is 16.7 Å². The minimum atomic E-state index is -0.374. The first-order valence-electron chi connectivity index (χ1n) is 4.79. The van der Waals surface area contributed by atoms with Crippen LogP contribution >= 0.6 is 0 Å². The molecule has 0 radical (unpaired) electrons. The molecule has 1 aromatic rings. The quantitative estimate of drug-likeness (QED) is 0.757. The van der Waals surface area contributed by atoms with Crippen molar-refractivity contribution in [2.24, 2.45) is 0 Å². The van der Waals surface area contributed by atoms with Gasteiger partial charge < -0.3 is 9.73 Å². The van der Waals surface area contributed by atoms with Crippen LogP contribution in [0.3, 0.4) is 0 Å². The van der Waals surface area contributed by atoms with Crippen LogP contribution in [-0.4, -0.2) is 22.9 Å². The van der Waals surface area contributed by atoms with Crippen molar-refractivity contribution in [3.05, 3.63) is 23.7 Å². The average Bonchev–Trinajstić information content (AvgIpc) is 2.57. The van der Waals surface area contributed by atoms with E-state index in [1.807, 2.05) is 0 Å². The molecular weight excluding hydrogens is 196 g/mol. The van der Waals surface area contributed by atoms with Crippen LogP contribution < -0.4 is 5.32 Å². The van der Waals surface area contributed by atoms with E-state index in [0.29, 0.717) is 11.3 Å². The van der Waals surface area contributed by atoms with E-state index in [4.69, 9.17) is 4.42 Å². The normalized spacial score (nSPS) is 16.3. The molecule has 5 heteroatoms. The number of carbonyl (C=O) groups is 2. The maximum Gasteiger partial charge on any atom is 0.324 e. The van der Waals surface area contributed by atoms with E-state index in [1.165, 1.54) is 11.2 Å². The first-order chi connectivity index (χ1) is 7.11. The van der Waals surface area contributed by atoms with Crippen molar-refractivity contribution in [1.82, 2.24) is 10.2 Å². The molecule has 2 rings (SSSR count). The minimum absolute atomic E-state index is 0.168. The summed E-state index contributed by atoms with van der Waals surface area (Å²) >= 11 is 0. The molecule has 1 aliphatic rings. The first-order valence-corrected chi connectivity index (χ1v) is 4.79. The molecule has 0 fully saturated rings. The zero-order valence-electron chi connectivity index (χ0n) is 8.61. The Morgan fingerprint density at radius 3 is 2.87 bits per heavy atom. The van der Waals surface area contributed by atoms with Gasteiger partial charge in [0.2, 0.25) is 0 Å². The summed E-state index contributed by atoms with van der Waals surface area (Å²) in [5.41, 5.74) is 0.460. The number of nitrogens with one attached hydrogen (secondary N) is 1. The van der Waals surface area contributed by atoms with Crippen LogP contribution in [0.5, 0.6) is 0 Å². The maximum absolute atomic E-state index is 12.0. The van der Waals surface area contributed by atoms with Gasteiger partial charge in [0.1, 0.15) is 5.76 Å². The van der Waals surface area contributed by atoms with Crippen molar-refractivity contribution in [3.8, 4) is 0 Å². The third-order valence-electron chi connectivity index (χ3n) is 2.33. The van der Waals surface area contributed by atoms with E-state index in [-0.39, 0.29) is 24.5 Å². The van der Waals surface area contributed by atoms with E-state index in [9.17, 15) is 9.59 Å². The lowest BCUT2D eigenvalue weighted by Crippen LogP contribution is -2.45. The number of hydrogen-bond donors (Lipinski definition) is 1. The Labute approximate surface area is 87.0 Å². The van der Waals surface area contributed by atoms with Gasteiger partial charge in [0.15, 0.2) is 0 Å². The van der Waals surface area contributed by atoms with Gasteiger partial charge in [0.05, 0.1) is 18.4 Å². The Morgan fingerprint density at radius 1 is 1.47 bits per heavy atom. The summed E-state index contributed by atoms with van der Waals surface area (Å²) < 4.78 is 5.12. The van der Waals surface area contributed by atoms with Crippen LogP contribution in [0.4, 0.5) is 4.79 Å². The van der Waals surface area contributed by atoms with Crippen LogP contribution in [0.1, 0.15) is 30.0 Å². The predicted molar refractivity (Wildman–Crippen MR) is 52.2 cm³/mol. The molecule has 0 spiro atoms. The van der Waals surface area contributed by atoms with Gasteiger partial charge in [-0.15, -0.1) is 0 Å². The van der Waals surface area contributed by atoms with Gasteiger partial charge in [-0.3, -0.25) is 9.69 Å². The topological polar surface area (TPSA) is 62.6 Å². The van der Waals surface area contributed by atoms with E-state index in [1.54, 1.807) is 19.9 Å². The number of amides is 3. The molecule has 0 saturated carbocycles. The molecule has 5 nitrogen and oxygen atoms in total. The fourth-order valence-electron chi connectivity index (χ4n) is 1.60. The van der Waals surface area contributed by atoms with Crippen molar-refractivity contribution in [2.45, 2.75) is 26.4 Å². The molecule has 1 aromatic heterocycles. The Bertz CT molecular complexity index is 409. The molecule has 2 heterocycles. The molecule has 0 atom stereocenters. The predicted octanol–water partition coefficient (Wildman–Crippen LogP) is 1.35. The SMILES string of the molecule is CC(C)N1C(=O)NCc2occc2C1=O. The zero-order chi connectivity index (χ0) is 11.0. The summed E-state index contributed by atoms with van der Waals surface area (Å²) in [5, 5.41) is 2.62. The highest BCUT2D eigenvalue weighted by Crippen LogP contribution is 2.18. The molecule has 15 heavy (non-hydrogen) atoms. The Hall–Kier alpha value is -1.78. The van der Waals surface area contributed by atoms with Crippen LogP contribution in [-0.2, 0) is 6.54 Å². The molecule has 1 N–H and O–H groups in total. The van der Waals surface area contributed by atoms with E-state index < -0.39 is 0 Å². The summed E-state index contributed by atoms with van der Waals surface area (Å²) in [7, 11) is 0. The summed E-state index contributed by atoms with van der Waals surface area (Å²) in [6.07, 6.45) is 1.46. The molecule has 0 saturated heterocycles. The number of furan rings is 1. The number of imide groups is 1. The van der Waals surface area contributed by atoms with Crippen LogP contribution in [0.25, 0.3) is 0 Å². The van der Waals surface area contributed by atoms with Crippen molar-refractivity contribution in [1.29, 1.82) is 0 Å². The van der Waals surface area contributed by atoms with Gasteiger partial charge >= 0.3 is 6.03 Å². The van der Waals surface area contributed by atoms with E-state index >= 15 is 0 Å². The lowest BCUT2D eigenvalue weighted by molar-refractivity contribution is 0.0768. The number of urea groups is 1. The van der Waals surface area contributed by atoms with E-state index in [2.05, 4.69) is 5.32 Å². The standard InChI is InChI=1S/C10H12N2O3/c1-6(2)12-9(13)7-3-4-15-8(7)5-11-10(12)14/h3-4,6H,5H2,1-2H3,(H,11,14). The Morgan fingerprint density at radius 2 is 2.20 bits per heavy atom. The first kappa shape index (κ1) is 9.76. The van der Waals surface area contributed by atoms with Gasteiger partial charge in [-0.25, -0.2) is 4.79 Å². The third kappa shape index (κ3) is 1.49. The molecule has 0 unspecified atom stereocenters. The van der Waals surface area contributed by atoms with Crippen LogP contribution in [0, 0.1) is 0 Å². The Balaban J connectivity index is 2.43. The average molecular weight is 208 g/mol. The molecular formula is C10H12N2O3. The highest BCUT2D eigenvalue weighted by atomic mass is 16.3. The number of carbonyl (C=O) groups excluding carboxylic acids is 2. The highest BCUT2D eigenvalue weighted by molar-refractivity contribution is 6.06. The third-order valence-corrected chi connectivity index (χ3v) is 2.33. The molecule has 0 bridgehead atoms. The highest BCUT2D eigenvalue weighted by Gasteiger charge is 2.31. The van der Waals surface area contributed by atoms with Gasteiger partial charge in [-0.05, 0) is 19.9 Å². The lowest BCUT2D eigenvalue weighted by atomic mass is 10.2. The van der Waals surface area contributed by atoms with Crippen molar-refractivity contribution in [2.75, 3.05) is 0 Å². The molecule has 1 aliphatic heterocycles. The largest absolute Gasteiger partial charge is 0.467 e. The molecule has 3 amide bonds. The second kappa shape index (κ2) is 3.42. The summed E-state index contributed by atoms with van der Waals surface area (Å²) in [6.45, 7) is 3.85. The zero-order valence-corrected chi connectivity index (χ0v) is 8.61. The van der Waals surface area contributed by atoms with Gasteiger partial charge in [0.25, 0.3) is 5.91 Å². The second-order valence-corrected chi connectivity index (χ2v) is 3.69. The van der Waals surface area contributed by atoms with Crippen molar-refractivity contribution in [3.63, 3.8) is 0 Å². The number of fused-ring (bicyclic) bond motifs is 1. The smallest absolute Gasteiger partial charge is 0.324 e. The molecule has 80 valence electrons. The molecule has 0 aliphatic carbocycles. The van der Waals surface area contributed by atoms with Gasteiger partial charge in [-0.2, -0.15) is 0 Å². The lowest BCUT2D eigenvalue weighted by Gasteiger charge is -2.22. The minimum Gasteiger partial charge on any atom is -0.467 e. The fourth-order valence-corrected chi connectivity index (χ4v) is 1.60.